The van der Waals surface area contributed by atoms with E-state index in [1.165, 1.54) is 64.2 Å². The fourth-order valence-corrected chi connectivity index (χ4v) is 3.57. The first-order valence-electron chi connectivity index (χ1n) is 12.8. The molecule has 2 heteroatoms. The van der Waals surface area contributed by atoms with Crippen molar-refractivity contribution in [2.75, 3.05) is 6.61 Å². The van der Waals surface area contributed by atoms with Crippen LogP contribution in [0.5, 0.6) is 0 Å². The van der Waals surface area contributed by atoms with E-state index in [0.717, 1.165) is 32.1 Å². The van der Waals surface area contributed by atoms with E-state index in [0.29, 0.717) is 18.9 Å². The van der Waals surface area contributed by atoms with Gasteiger partial charge in [-0.05, 0) is 57.3 Å². The van der Waals surface area contributed by atoms with Crippen LogP contribution in [0.25, 0.3) is 0 Å². The van der Waals surface area contributed by atoms with Gasteiger partial charge in [0.25, 0.3) is 0 Å². The molecule has 0 aliphatic carbocycles. The molecule has 0 aliphatic rings. The molecule has 0 N–H and O–H groups in total. The van der Waals surface area contributed by atoms with Crippen LogP contribution in [-0.2, 0) is 9.53 Å². The molecule has 30 heavy (non-hydrogen) atoms. The molecule has 0 saturated carbocycles. The molecule has 0 saturated heterocycles. The number of allylic oxidation sites excluding steroid dienone is 6. The zero-order valence-electron chi connectivity index (χ0n) is 20.4. The zero-order chi connectivity index (χ0) is 22.1. The fraction of sp³-hybridized carbons (Fsp3) is 0.750. The highest BCUT2D eigenvalue weighted by atomic mass is 16.5. The molecule has 0 fully saturated rings. The van der Waals surface area contributed by atoms with Crippen molar-refractivity contribution in [2.45, 2.75) is 124 Å². The van der Waals surface area contributed by atoms with Crippen LogP contribution in [0.15, 0.2) is 36.5 Å². The van der Waals surface area contributed by atoms with E-state index < -0.39 is 0 Å². The zero-order valence-corrected chi connectivity index (χ0v) is 20.4. The summed E-state index contributed by atoms with van der Waals surface area (Å²) in [5.74, 6) is 0.569. The second kappa shape index (κ2) is 24.0. The summed E-state index contributed by atoms with van der Waals surface area (Å²) in [6.45, 7) is 7.25. The first-order valence-corrected chi connectivity index (χ1v) is 12.8. The number of carbonyl (C=O) groups excluding carboxylic acids is 1. The Kier molecular flexibility index (Phi) is 22.9. The Balaban J connectivity index is 3.55. The summed E-state index contributed by atoms with van der Waals surface area (Å²) in [4.78, 5) is 12.0. The second-order valence-corrected chi connectivity index (χ2v) is 8.43. The van der Waals surface area contributed by atoms with E-state index in [1.54, 1.807) is 0 Å². The number of ether oxygens (including phenoxy) is 1. The normalized spacial score (nSPS) is 13.0. The largest absolute Gasteiger partial charge is 0.465 e. The highest BCUT2D eigenvalue weighted by Gasteiger charge is 2.11. The molecular formula is C28H50O2. The molecule has 0 aromatic carbocycles. The molecule has 1 unspecified atom stereocenters. The van der Waals surface area contributed by atoms with Gasteiger partial charge in [0.05, 0.1) is 6.61 Å². The van der Waals surface area contributed by atoms with Gasteiger partial charge in [0.15, 0.2) is 0 Å². The molecule has 174 valence electrons. The van der Waals surface area contributed by atoms with Crippen molar-refractivity contribution < 1.29 is 9.53 Å². The molecule has 0 amide bonds. The smallest absolute Gasteiger partial charge is 0.305 e. The monoisotopic (exact) mass is 418 g/mol. The van der Waals surface area contributed by atoms with E-state index in [4.69, 9.17) is 4.74 Å². The topological polar surface area (TPSA) is 26.3 Å². The number of esters is 1. The minimum atomic E-state index is 0.00719. The average molecular weight is 419 g/mol. The van der Waals surface area contributed by atoms with Crippen LogP contribution in [0.4, 0.5) is 0 Å². The van der Waals surface area contributed by atoms with Crippen molar-refractivity contribution in [1.29, 1.82) is 0 Å². The van der Waals surface area contributed by atoms with E-state index in [-0.39, 0.29) is 5.97 Å². The minimum Gasteiger partial charge on any atom is -0.465 e. The van der Waals surface area contributed by atoms with Gasteiger partial charge in [0.1, 0.15) is 0 Å². The van der Waals surface area contributed by atoms with E-state index in [1.807, 2.05) is 0 Å². The van der Waals surface area contributed by atoms with Crippen molar-refractivity contribution >= 4 is 5.97 Å². The van der Waals surface area contributed by atoms with Gasteiger partial charge >= 0.3 is 5.97 Å². The summed E-state index contributed by atoms with van der Waals surface area (Å²) in [5.41, 5.74) is 0. The molecular weight excluding hydrogens is 368 g/mol. The summed E-state index contributed by atoms with van der Waals surface area (Å²) in [6.07, 6.45) is 31.7. The van der Waals surface area contributed by atoms with Gasteiger partial charge in [-0.2, -0.15) is 0 Å². The van der Waals surface area contributed by atoms with Crippen LogP contribution >= 0.6 is 0 Å². The molecule has 0 aliphatic heterocycles. The van der Waals surface area contributed by atoms with Crippen LogP contribution in [0.2, 0.25) is 0 Å². The summed E-state index contributed by atoms with van der Waals surface area (Å²) < 4.78 is 5.55. The molecule has 0 aromatic rings. The summed E-state index contributed by atoms with van der Waals surface area (Å²) in [7, 11) is 0. The van der Waals surface area contributed by atoms with E-state index >= 15 is 0 Å². The third kappa shape index (κ3) is 21.4. The van der Waals surface area contributed by atoms with Crippen LogP contribution < -0.4 is 0 Å². The summed E-state index contributed by atoms with van der Waals surface area (Å²) >= 11 is 0. The predicted octanol–water partition coefficient (Wildman–Crippen LogP) is 9.12. The quantitative estimate of drug-likeness (QED) is 0.105. The molecule has 0 spiro atoms. The lowest BCUT2D eigenvalue weighted by Gasteiger charge is -2.16. The van der Waals surface area contributed by atoms with Crippen LogP contribution in [0, 0.1) is 5.92 Å². The van der Waals surface area contributed by atoms with Crippen molar-refractivity contribution in [1.82, 2.24) is 0 Å². The van der Waals surface area contributed by atoms with Gasteiger partial charge < -0.3 is 4.74 Å². The predicted molar refractivity (Wildman–Crippen MR) is 133 cm³/mol. The third-order valence-corrected chi connectivity index (χ3v) is 5.42. The molecule has 0 aromatic heterocycles. The first kappa shape index (κ1) is 28.7. The maximum Gasteiger partial charge on any atom is 0.305 e. The fourth-order valence-electron chi connectivity index (χ4n) is 3.57. The third-order valence-electron chi connectivity index (χ3n) is 5.42. The molecule has 0 heterocycles. The number of rotatable bonds is 21. The number of carbonyl (C=O) groups is 1. The van der Waals surface area contributed by atoms with Crippen molar-refractivity contribution in [3.8, 4) is 0 Å². The highest BCUT2D eigenvalue weighted by molar-refractivity contribution is 5.69. The lowest BCUT2D eigenvalue weighted by molar-refractivity contribution is -0.145. The molecule has 0 bridgehead atoms. The van der Waals surface area contributed by atoms with Crippen LogP contribution in [-0.4, -0.2) is 12.6 Å². The van der Waals surface area contributed by atoms with Crippen LogP contribution in [0.1, 0.15) is 124 Å². The molecule has 1 atom stereocenters. The Hall–Kier alpha value is -1.31. The maximum atomic E-state index is 12.0. The molecule has 0 radical (unpaired) electrons. The van der Waals surface area contributed by atoms with Gasteiger partial charge in [-0.1, -0.05) is 102 Å². The minimum absolute atomic E-state index is 0.00719. The number of hydrogen-bond acceptors (Lipinski definition) is 2. The molecule has 0 rings (SSSR count). The first-order chi connectivity index (χ1) is 14.7. The van der Waals surface area contributed by atoms with Crippen molar-refractivity contribution in [3.05, 3.63) is 36.5 Å². The SMILES string of the molecule is CC/C=C\C/C=C\C/C=C\CCCCCCCC(=O)OCC(CCC)CCCCC. The standard InChI is InChI=1S/C28H50O2/c1-4-7-9-10-11-12-13-14-15-16-17-18-19-20-22-25-28(29)30-26-27(23-6-3)24-21-8-5-2/h7,9,11-12,14-15,27H,4-6,8,10,13,16-26H2,1-3H3/b9-7-,12-11-,15-14-. The lowest BCUT2D eigenvalue weighted by atomic mass is 9.97. The van der Waals surface area contributed by atoms with Crippen molar-refractivity contribution in [3.63, 3.8) is 0 Å². The highest BCUT2D eigenvalue weighted by Crippen LogP contribution is 2.17. The van der Waals surface area contributed by atoms with Gasteiger partial charge in [-0.3, -0.25) is 4.79 Å². The van der Waals surface area contributed by atoms with Gasteiger partial charge in [-0.15, -0.1) is 0 Å². The Labute approximate surface area is 188 Å². The van der Waals surface area contributed by atoms with Gasteiger partial charge in [-0.25, -0.2) is 0 Å². The Morgan fingerprint density at radius 2 is 1.37 bits per heavy atom. The van der Waals surface area contributed by atoms with E-state index in [2.05, 4.69) is 57.2 Å². The van der Waals surface area contributed by atoms with Crippen molar-refractivity contribution in [2.24, 2.45) is 5.92 Å². The number of unbranched alkanes of at least 4 members (excludes halogenated alkanes) is 7. The van der Waals surface area contributed by atoms with Gasteiger partial charge in [0, 0.05) is 6.42 Å². The van der Waals surface area contributed by atoms with Gasteiger partial charge in [0.2, 0.25) is 0 Å². The van der Waals surface area contributed by atoms with Crippen LogP contribution in [0.3, 0.4) is 0 Å². The average Bonchev–Trinajstić information content (AvgIpc) is 2.75. The number of hydrogen-bond donors (Lipinski definition) is 0. The summed E-state index contributed by atoms with van der Waals surface area (Å²) in [5, 5.41) is 0. The Morgan fingerprint density at radius 3 is 2.07 bits per heavy atom. The lowest BCUT2D eigenvalue weighted by Crippen LogP contribution is -2.14. The van der Waals surface area contributed by atoms with E-state index in [9.17, 15) is 4.79 Å². The summed E-state index contributed by atoms with van der Waals surface area (Å²) in [6, 6.07) is 0. The molecule has 2 nitrogen and oxygen atoms in total. The second-order valence-electron chi connectivity index (χ2n) is 8.43. The maximum absolute atomic E-state index is 12.0. The Bertz CT molecular complexity index is 448. The Morgan fingerprint density at radius 1 is 0.700 bits per heavy atom.